The summed E-state index contributed by atoms with van der Waals surface area (Å²) >= 11 is 1.67. The first kappa shape index (κ1) is 23.6. The fourth-order valence-corrected chi connectivity index (χ4v) is 4.67. The molecule has 6 nitrogen and oxygen atoms in total. The van der Waals surface area contributed by atoms with Crippen molar-refractivity contribution in [2.45, 2.75) is 23.6 Å². The number of nitrogens with one attached hydrogen (secondary N) is 2. The van der Waals surface area contributed by atoms with Crippen LogP contribution in [0.3, 0.4) is 0 Å². The largest absolute Gasteiger partial charge is 0.351 e. The first-order chi connectivity index (χ1) is 15.2. The molecule has 8 heteroatoms. The average molecular weight is 469 g/mol. The Hall–Kier alpha value is -3.10. The first-order valence-corrected chi connectivity index (χ1v) is 12.4. The first-order valence-electron chi connectivity index (χ1n) is 9.96. The molecular weight excluding hydrogens is 444 g/mol. The number of carbonyl (C=O) groups excluding carboxylic acids is 2. The summed E-state index contributed by atoms with van der Waals surface area (Å²) in [6, 6.07) is 20.1. The molecule has 3 aromatic rings. The molecule has 0 aliphatic carbocycles. The number of hydrogen-bond donors (Lipinski definition) is 2. The number of hydrogen-bond acceptors (Lipinski definition) is 5. The van der Waals surface area contributed by atoms with E-state index in [1.54, 1.807) is 23.9 Å². The van der Waals surface area contributed by atoms with E-state index < -0.39 is 10.0 Å². The Balaban J connectivity index is 1.52. The maximum Gasteiger partial charge on any atom is 0.261 e. The van der Waals surface area contributed by atoms with E-state index in [2.05, 4.69) is 34.3 Å². The van der Waals surface area contributed by atoms with Crippen LogP contribution in [0.2, 0.25) is 0 Å². The second-order valence-corrected chi connectivity index (χ2v) is 10.0. The van der Waals surface area contributed by atoms with E-state index in [9.17, 15) is 18.0 Å². The van der Waals surface area contributed by atoms with Crippen molar-refractivity contribution >= 4 is 39.2 Å². The standard InChI is InChI=1S/C24H24N2O4S2/c1-17-3-11-22(12-4-17)31-16-15-25-24(28)20-5-9-21(10-6-20)26-32(29,30)23-13-7-19(8-14-23)18(2)27/h3-14,26H,15-16H2,1-2H3,(H,25,28). The van der Waals surface area contributed by atoms with Gasteiger partial charge in [0.2, 0.25) is 0 Å². The molecule has 166 valence electrons. The number of anilines is 1. The minimum absolute atomic E-state index is 0.0513. The van der Waals surface area contributed by atoms with Crippen molar-refractivity contribution in [1.82, 2.24) is 5.32 Å². The fourth-order valence-electron chi connectivity index (χ4n) is 2.84. The summed E-state index contributed by atoms with van der Waals surface area (Å²) in [5.41, 5.74) is 2.43. The van der Waals surface area contributed by atoms with Crippen LogP contribution in [0.1, 0.15) is 33.2 Å². The Morgan fingerprint density at radius 3 is 2.03 bits per heavy atom. The van der Waals surface area contributed by atoms with Crippen molar-refractivity contribution in [3.8, 4) is 0 Å². The lowest BCUT2D eigenvalue weighted by Gasteiger charge is -2.10. The number of thioether (sulfide) groups is 1. The van der Waals surface area contributed by atoms with Gasteiger partial charge in [0.05, 0.1) is 4.90 Å². The van der Waals surface area contributed by atoms with E-state index in [-0.39, 0.29) is 16.6 Å². The number of aryl methyl sites for hydroxylation is 1. The Morgan fingerprint density at radius 1 is 0.844 bits per heavy atom. The molecule has 3 rings (SSSR count). The van der Waals surface area contributed by atoms with E-state index in [4.69, 9.17) is 0 Å². The molecular formula is C24H24N2O4S2. The summed E-state index contributed by atoms with van der Waals surface area (Å²) in [4.78, 5) is 24.9. The van der Waals surface area contributed by atoms with Crippen molar-refractivity contribution in [1.29, 1.82) is 0 Å². The van der Waals surface area contributed by atoms with E-state index in [1.165, 1.54) is 48.9 Å². The third kappa shape index (κ3) is 6.45. The summed E-state index contributed by atoms with van der Waals surface area (Å²) < 4.78 is 27.5. The van der Waals surface area contributed by atoms with Crippen LogP contribution in [0.4, 0.5) is 5.69 Å². The van der Waals surface area contributed by atoms with Gasteiger partial charge in [-0.15, -0.1) is 11.8 Å². The molecule has 0 aliphatic heterocycles. The van der Waals surface area contributed by atoms with E-state index >= 15 is 0 Å². The van der Waals surface area contributed by atoms with Gasteiger partial charge in [0.1, 0.15) is 0 Å². The third-order valence-electron chi connectivity index (χ3n) is 4.65. The average Bonchev–Trinajstić information content (AvgIpc) is 2.78. The van der Waals surface area contributed by atoms with Crippen LogP contribution in [0.5, 0.6) is 0 Å². The van der Waals surface area contributed by atoms with Gasteiger partial charge >= 0.3 is 0 Å². The molecule has 0 atom stereocenters. The van der Waals surface area contributed by atoms with E-state index in [0.29, 0.717) is 23.4 Å². The molecule has 0 aliphatic rings. The number of carbonyl (C=O) groups is 2. The van der Waals surface area contributed by atoms with Gasteiger partial charge in [-0.1, -0.05) is 29.8 Å². The number of rotatable bonds is 9. The van der Waals surface area contributed by atoms with Crippen molar-refractivity contribution in [2.75, 3.05) is 17.0 Å². The number of benzene rings is 3. The van der Waals surface area contributed by atoms with Gasteiger partial charge in [0, 0.05) is 34.0 Å². The Labute approximate surface area is 192 Å². The van der Waals surface area contributed by atoms with Crippen LogP contribution in [0.15, 0.2) is 82.6 Å². The molecule has 0 saturated heterocycles. The molecule has 2 N–H and O–H groups in total. The number of sulfonamides is 1. The molecule has 32 heavy (non-hydrogen) atoms. The Morgan fingerprint density at radius 2 is 1.44 bits per heavy atom. The Bertz CT molecular complexity index is 1190. The van der Waals surface area contributed by atoms with Crippen molar-refractivity contribution in [3.63, 3.8) is 0 Å². The summed E-state index contributed by atoms with van der Waals surface area (Å²) in [6.45, 7) is 3.97. The highest BCUT2D eigenvalue weighted by Gasteiger charge is 2.15. The van der Waals surface area contributed by atoms with E-state index in [1.807, 2.05) is 6.92 Å². The Kier molecular flexibility index (Phi) is 7.71. The quantitative estimate of drug-likeness (QED) is 0.274. The topological polar surface area (TPSA) is 92.3 Å². The summed E-state index contributed by atoms with van der Waals surface area (Å²) in [5.74, 6) is 0.392. The molecule has 0 radical (unpaired) electrons. The highest BCUT2D eigenvalue weighted by molar-refractivity contribution is 7.99. The minimum Gasteiger partial charge on any atom is -0.351 e. The zero-order valence-electron chi connectivity index (χ0n) is 17.8. The molecule has 0 heterocycles. The smallest absolute Gasteiger partial charge is 0.261 e. The van der Waals surface area contributed by atoms with Gasteiger partial charge in [0.25, 0.3) is 15.9 Å². The predicted molar refractivity (Wildman–Crippen MR) is 128 cm³/mol. The van der Waals surface area contributed by atoms with Crippen LogP contribution in [-0.4, -0.2) is 32.4 Å². The van der Waals surface area contributed by atoms with Crippen LogP contribution in [0, 0.1) is 6.92 Å². The second-order valence-electron chi connectivity index (χ2n) is 7.18. The predicted octanol–water partition coefficient (Wildman–Crippen LogP) is 4.52. The fraction of sp³-hybridized carbons (Fsp3) is 0.167. The van der Waals surface area contributed by atoms with Crippen molar-refractivity contribution in [2.24, 2.45) is 0 Å². The van der Waals surface area contributed by atoms with E-state index in [0.717, 1.165) is 10.6 Å². The summed E-state index contributed by atoms with van der Waals surface area (Å²) in [5, 5.41) is 2.86. The lowest BCUT2D eigenvalue weighted by Crippen LogP contribution is -2.25. The molecule has 0 bridgehead atoms. The molecule has 0 aromatic heterocycles. The molecule has 0 spiro atoms. The highest BCUT2D eigenvalue weighted by Crippen LogP contribution is 2.19. The number of Topliss-reactive ketones (excluding diaryl/α,β-unsaturated/α-hetero) is 1. The van der Waals surface area contributed by atoms with Crippen LogP contribution >= 0.6 is 11.8 Å². The SMILES string of the molecule is CC(=O)c1ccc(S(=O)(=O)Nc2ccc(C(=O)NCCSc3ccc(C)cc3)cc2)cc1. The van der Waals surface area contributed by atoms with Gasteiger partial charge in [-0.25, -0.2) is 8.42 Å². The van der Waals surface area contributed by atoms with Gasteiger partial charge in [0.15, 0.2) is 5.78 Å². The van der Waals surface area contributed by atoms with Gasteiger partial charge in [-0.2, -0.15) is 0 Å². The molecule has 0 saturated carbocycles. The normalized spacial score (nSPS) is 11.1. The third-order valence-corrected chi connectivity index (χ3v) is 7.06. The molecule has 1 amide bonds. The minimum atomic E-state index is -3.80. The van der Waals surface area contributed by atoms with Gasteiger partial charge in [-0.05, 0) is 62.4 Å². The second kappa shape index (κ2) is 10.5. The zero-order valence-corrected chi connectivity index (χ0v) is 19.4. The van der Waals surface area contributed by atoms with Crippen LogP contribution in [0.25, 0.3) is 0 Å². The maximum absolute atomic E-state index is 12.5. The maximum atomic E-state index is 12.5. The van der Waals surface area contributed by atoms with Crippen LogP contribution < -0.4 is 10.0 Å². The lowest BCUT2D eigenvalue weighted by molar-refractivity contribution is 0.0955. The van der Waals surface area contributed by atoms with Crippen molar-refractivity contribution in [3.05, 3.63) is 89.5 Å². The molecule has 0 unspecified atom stereocenters. The lowest BCUT2D eigenvalue weighted by atomic mass is 10.2. The molecule has 3 aromatic carbocycles. The summed E-state index contributed by atoms with van der Waals surface area (Å²) in [7, 11) is -3.80. The number of ketones is 1. The number of amides is 1. The van der Waals surface area contributed by atoms with Crippen LogP contribution in [-0.2, 0) is 10.0 Å². The molecule has 0 fully saturated rings. The zero-order chi connectivity index (χ0) is 23.1. The van der Waals surface area contributed by atoms with Gasteiger partial charge in [-0.3, -0.25) is 14.3 Å². The highest BCUT2D eigenvalue weighted by atomic mass is 32.2. The summed E-state index contributed by atoms with van der Waals surface area (Å²) in [6.07, 6.45) is 0. The van der Waals surface area contributed by atoms with Crippen molar-refractivity contribution < 1.29 is 18.0 Å². The van der Waals surface area contributed by atoms with Gasteiger partial charge < -0.3 is 5.32 Å². The monoisotopic (exact) mass is 468 g/mol.